The number of hydrogen-bond donors (Lipinski definition) is 2. The number of nitrogen functional groups attached to an aromatic ring is 2. The number of hydrogen-bond acceptors (Lipinski definition) is 4. The molecule has 4 N–H and O–H groups in total. The maximum absolute atomic E-state index is 5.70. The van der Waals surface area contributed by atoms with E-state index in [0.717, 1.165) is 11.3 Å². The Morgan fingerprint density at radius 3 is 2.92 bits per heavy atom. The van der Waals surface area contributed by atoms with Crippen molar-refractivity contribution in [3.05, 3.63) is 17.7 Å². The Balaban J connectivity index is 2.53. The van der Waals surface area contributed by atoms with Crippen LogP contribution in [0.3, 0.4) is 0 Å². The van der Waals surface area contributed by atoms with E-state index < -0.39 is 0 Å². The van der Waals surface area contributed by atoms with Crippen molar-refractivity contribution in [1.29, 1.82) is 0 Å². The molecule has 0 atom stereocenters. The summed E-state index contributed by atoms with van der Waals surface area (Å²) in [7, 11) is 0. The van der Waals surface area contributed by atoms with Crippen molar-refractivity contribution in [2.24, 2.45) is 0 Å². The second-order valence-electron chi connectivity index (χ2n) is 2.70. The fourth-order valence-corrected chi connectivity index (χ4v) is 1.22. The molecule has 0 aliphatic carbocycles. The highest BCUT2D eigenvalue weighted by molar-refractivity contribution is 5.63. The lowest BCUT2D eigenvalue weighted by molar-refractivity contribution is -0.0158. The summed E-state index contributed by atoms with van der Waals surface area (Å²) in [5.41, 5.74) is 13.4. The van der Waals surface area contributed by atoms with Crippen LogP contribution in [0.25, 0.3) is 0 Å². The zero-order valence-corrected chi connectivity index (χ0v) is 6.54. The second kappa shape index (κ2) is 2.57. The van der Waals surface area contributed by atoms with Crippen molar-refractivity contribution in [2.45, 2.75) is 6.61 Å². The summed E-state index contributed by atoms with van der Waals surface area (Å²) in [6.07, 6.45) is 0. The molecule has 64 valence electrons. The lowest BCUT2D eigenvalue weighted by Gasteiger charge is -2.19. The standard InChI is InChI=1S/C8H10N2O2/c9-5-1-7(10)6-3-11-4-12-8(6)2-5/h1-2H,3-4,9-10H2. The highest BCUT2D eigenvalue weighted by Crippen LogP contribution is 2.31. The molecule has 4 nitrogen and oxygen atoms in total. The maximum atomic E-state index is 5.70. The van der Waals surface area contributed by atoms with E-state index in [0.29, 0.717) is 18.0 Å². The van der Waals surface area contributed by atoms with Gasteiger partial charge in [-0.2, -0.15) is 0 Å². The first-order valence-corrected chi connectivity index (χ1v) is 3.66. The number of anilines is 2. The third-order valence-corrected chi connectivity index (χ3v) is 1.81. The molecule has 0 bridgehead atoms. The number of ether oxygens (including phenoxy) is 2. The smallest absolute Gasteiger partial charge is 0.189 e. The third kappa shape index (κ3) is 1.06. The van der Waals surface area contributed by atoms with Crippen LogP contribution in [0.2, 0.25) is 0 Å². The molecule has 0 unspecified atom stereocenters. The van der Waals surface area contributed by atoms with Gasteiger partial charge in [0.2, 0.25) is 0 Å². The lowest BCUT2D eigenvalue weighted by atomic mass is 10.1. The molecule has 0 aromatic heterocycles. The van der Waals surface area contributed by atoms with Crippen LogP contribution in [-0.4, -0.2) is 6.79 Å². The minimum atomic E-state index is 0.274. The van der Waals surface area contributed by atoms with Crippen LogP contribution in [0.5, 0.6) is 5.75 Å². The Labute approximate surface area is 70.1 Å². The fourth-order valence-electron chi connectivity index (χ4n) is 1.22. The Bertz CT molecular complexity index is 312. The number of benzene rings is 1. The SMILES string of the molecule is Nc1cc(N)c2c(c1)OCOC2. The summed E-state index contributed by atoms with van der Waals surface area (Å²) < 4.78 is 10.3. The molecule has 0 saturated heterocycles. The number of rotatable bonds is 0. The fraction of sp³-hybridized carbons (Fsp3) is 0.250. The summed E-state index contributed by atoms with van der Waals surface area (Å²) in [4.78, 5) is 0. The van der Waals surface area contributed by atoms with E-state index >= 15 is 0 Å². The quantitative estimate of drug-likeness (QED) is 0.557. The minimum absolute atomic E-state index is 0.274. The third-order valence-electron chi connectivity index (χ3n) is 1.81. The minimum Gasteiger partial charge on any atom is -0.467 e. The summed E-state index contributed by atoms with van der Waals surface area (Å²) in [6.45, 7) is 0.775. The van der Waals surface area contributed by atoms with Gasteiger partial charge in [-0.05, 0) is 6.07 Å². The van der Waals surface area contributed by atoms with E-state index in [1.54, 1.807) is 12.1 Å². The average Bonchev–Trinajstić information content (AvgIpc) is 2.04. The Morgan fingerprint density at radius 1 is 1.25 bits per heavy atom. The lowest BCUT2D eigenvalue weighted by Crippen LogP contribution is -2.13. The molecule has 4 heteroatoms. The van der Waals surface area contributed by atoms with E-state index in [4.69, 9.17) is 20.9 Å². The largest absolute Gasteiger partial charge is 0.467 e. The van der Waals surface area contributed by atoms with E-state index in [1.807, 2.05) is 0 Å². The number of nitrogens with two attached hydrogens (primary N) is 2. The molecule has 1 aliphatic rings. The van der Waals surface area contributed by atoms with Gasteiger partial charge in [-0.3, -0.25) is 0 Å². The van der Waals surface area contributed by atoms with Gasteiger partial charge >= 0.3 is 0 Å². The second-order valence-corrected chi connectivity index (χ2v) is 2.70. The van der Waals surface area contributed by atoms with Gasteiger partial charge in [-0.1, -0.05) is 0 Å². The van der Waals surface area contributed by atoms with E-state index in [-0.39, 0.29) is 6.79 Å². The van der Waals surface area contributed by atoms with Crippen LogP contribution < -0.4 is 16.2 Å². The topological polar surface area (TPSA) is 70.5 Å². The van der Waals surface area contributed by atoms with Gasteiger partial charge < -0.3 is 20.9 Å². The van der Waals surface area contributed by atoms with Crippen molar-refractivity contribution in [1.82, 2.24) is 0 Å². The van der Waals surface area contributed by atoms with Crippen molar-refractivity contribution in [3.8, 4) is 5.75 Å². The average molecular weight is 166 g/mol. The molecule has 0 spiro atoms. The van der Waals surface area contributed by atoms with Gasteiger partial charge in [0.25, 0.3) is 0 Å². The molecule has 0 amide bonds. The monoisotopic (exact) mass is 166 g/mol. The van der Waals surface area contributed by atoms with Gasteiger partial charge in [0.1, 0.15) is 5.75 Å². The highest BCUT2D eigenvalue weighted by atomic mass is 16.7. The zero-order valence-electron chi connectivity index (χ0n) is 6.54. The van der Waals surface area contributed by atoms with Crippen molar-refractivity contribution < 1.29 is 9.47 Å². The first kappa shape index (κ1) is 7.24. The summed E-state index contributed by atoms with van der Waals surface area (Å²) in [5.74, 6) is 0.735. The van der Waals surface area contributed by atoms with Crippen LogP contribution >= 0.6 is 0 Å². The van der Waals surface area contributed by atoms with Gasteiger partial charge in [0.15, 0.2) is 6.79 Å². The van der Waals surface area contributed by atoms with Crippen LogP contribution in [0.4, 0.5) is 11.4 Å². The van der Waals surface area contributed by atoms with Gasteiger partial charge in [-0.15, -0.1) is 0 Å². The molecular formula is C8H10N2O2. The Kier molecular flexibility index (Phi) is 1.55. The molecule has 0 saturated carbocycles. The first-order chi connectivity index (χ1) is 5.77. The van der Waals surface area contributed by atoms with E-state index in [2.05, 4.69) is 0 Å². The van der Waals surface area contributed by atoms with Crippen LogP contribution in [0.1, 0.15) is 5.56 Å². The van der Waals surface area contributed by atoms with E-state index in [9.17, 15) is 0 Å². The van der Waals surface area contributed by atoms with Gasteiger partial charge in [-0.25, -0.2) is 0 Å². The predicted molar refractivity (Wildman–Crippen MR) is 45.6 cm³/mol. The van der Waals surface area contributed by atoms with Crippen molar-refractivity contribution in [2.75, 3.05) is 18.3 Å². The molecular weight excluding hydrogens is 156 g/mol. The maximum Gasteiger partial charge on any atom is 0.189 e. The van der Waals surface area contributed by atoms with E-state index in [1.165, 1.54) is 0 Å². The molecule has 1 heterocycles. The summed E-state index contributed by atoms with van der Waals surface area (Å²) in [5, 5.41) is 0. The Morgan fingerprint density at radius 2 is 2.08 bits per heavy atom. The first-order valence-electron chi connectivity index (χ1n) is 3.66. The van der Waals surface area contributed by atoms with Gasteiger partial charge in [0, 0.05) is 23.0 Å². The molecule has 2 rings (SSSR count). The van der Waals surface area contributed by atoms with Crippen molar-refractivity contribution >= 4 is 11.4 Å². The van der Waals surface area contributed by atoms with Crippen LogP contribution in [0.15, 0.2) is 12.1 Å². The number of fused-ring (bicyclic) bond motifs is 1. The summed E-state index contributed by atoms with van der Waals surface area (Å²) >= 11 is 0. The molecule has 1 aromatic carbocycles. The molecule has 1 aliphatic heterocycles. The summed E-state index contributed by atoms with van der Waals surface area (Å²) in [6, 6.07) is 3.46. The van der Waals surface area contributed by atoms with Crippen LogP contribution in [0, 0.1) is 0 Å². The van der Waals surface area contributed by atoms with Crippen molar-refractivity contribution in [3.63, 3.8) is 0 Å². The molecule has 0 fully saturated rings. The highest BCUT2D eigenvalue weighted by Gasteiger charge is 2.13. The Hall–Kier alpha value is -1.42. The molecule has 12 heavy (non-hydrogen) atoms. The molecule has 0 radical (unpaired) electrons. The van der Waals surface area contributed by atoms with Crippen LogP contribution in [-0.2, 0) is 11.3 Å². The normalized spacial score (nSPS) is 15.0. The molecule has 1 aromatic rings. The van der Waals surface area contributed by atoms with Gasteiger partial charge in [0.05, 0.1) is 6.61 Å². The predicted octanol–water partition coefficient (Wildman–Crippen LogP) is 0.718. The zero-order chi connectivity index (χ0) is 8.55.